The summed E-state index contributed by atoms with van der Waals surface area (Å²) in [5, 5.41) is 9.07. The lowest BCUT2D eigenvalue weighted by Crippen LogP contribution is -2.23. The Hall–Kier alpha value is -4.75. The highest BCUT2D eigenvalue weighted by atomic mass is 32.2. The van der Waals surface area contributed by atoms with Crippen molar-refractivity contribution >= 4 is 48.7 Å². The summed E-state index contributed by atoms with van der Waals surface area (Å²) >= 11 is 0. The number of benzene rings is 1. The molecule has 5 aromatic heterocycles. The van der Waals surface area contributed by atoms with E-state index in [1.54, 1.807) is 36.4 Å². The number of carbonyl (C=O) groups excluding carboxylic acids is 1. The van der Waals surface area contributed by atoms with Crippen LogP contribution in [0.3, 0.4) is 0 Å². The molecular weight excluding hydrogens is 551 g/mol. The van der Waals surface area contributed by atoms with Crippen molar-refractivity contribution in [2.75, 3.05) is 19.7 Å². The van der Waals surface area contributed by atoms with Crippen LogP contribution >= 0.6 is 0 Å². The molecule has 0 unspecified atom stereocenters. The number of nitrogens with zero attached hydrogens (tertiary/aromatic N) is 5. The van der Waals surface area contributed by atoms with Gasteiger partial charge in [-0.2, -0.15) is 5.10 Å². The summed E-state index contributed by atoms with van der Waals surface area (Å²) in [6, 6.07) is 10.3. The molecule has 6 aromatic rings. The van der Waals surface area contributed by atoms with Gasteiger partial charge >= 0.3 is 0 Å². The predicted molar refractivity (Wildman–Crippen MR) is 148 cm³/mol. The van der Waals surface area contributed by atoms with Gasteiger partial charge in [-0.3, -0.25) is 9.78 Å². The van der Waals surface area contributed by atoms with E-state index >= 15 is 0 Å². The van der Waals surface area contributed by atoms with Crippen LogP contribution in [0.1, 0.15) is 16.1 Å². The molecule has 0 spiro atoms. The average Bonchev–Trinajstić information content (AvgIpc) is 3.62. The number of sulfone groups is 1. The lowest BCUT2D eigenvalue weighted by atomic mass is 10.1. The van der Waals surface area contributed by atoms with Gasteiger partial charge in [0, 0.05) is 46.8 Å². The molecule has 0 aliphatic rings. The maximum absolute atomic E-state index is 13.0. The first-order valence-electron chi connectivity index (χ1n) is 12.5. The zero-order valence-corrected chi connectivity index (χ0v) is 22.6. The molecule has 1 aromatic carbocycles. The highest BCUT2D eigenvalue weighted by Crippen LogP contribution is 2.29. The first kappa shape index (κ1) is 26.5. The van der Waals surface area contributed by atoms with Crippen LogP contribution in [0.15, 0.2) is 76.6 Å². The monoisotopic (exact) mass is 574 g/mol. The van der Waals surface area contributed by atoms with Crippen molar-refractivity contribution in [3.8, 4) is 11.3 Å². The summed E-state index contributed by atoms with van der Waals surface area (Å²) in [6.07, 6.45) is 6.15. The van der Waals surface area contributed by atoms with E-state index in [-0.39, 0.29) is 28.0 Å². The van der Waals surface area contributed by atoms with Crippen LogP contribution in [0.2, 0.25) is 0 Å². The number of aromatic nitrogens is 5. The molecule has 5 heterocycles. The molecule has 0 fully saturated rings. The molecule has 13 heteroatoms. The quantitative estimate of drug-likeness (QED) is 0.270. The molecule has 0 saturated heterocycles. The number of amides is 1. The van der Waals surface area contributed by atoms with E-state index in [1.165, 1.54) is 18.2 Å². The summed E-state index contributed by atoms with van der Waals surface area (Å²) in [5.41, 5.74) is 4.07. The van der Waals surface area contributed by atoms with Gasteiger partial charge in [-0.15, -0.1) is 0 Å². The van der Waals surface area contributed by atoms with Crippen LogP contribution < -0.4 is 5.32 Å². The largest absolute Gasteiger partial charge is 0.463 e. The smallest absolute Gasteiger partial charge is 0.251 e. The Kier molecular flexibility index (Phi) is 6.89. The number of hydrogen-bond acceptors (Lipinski definition) is 9. The molecule has 41 heavy (non-hydrogen) atoms. The number of carbonyl (C=O) groups is 1. The molecular formula is C28H23FN6O5S. The van der Waals surface area contributed by atoms with E-state index in [1.807, 2.05) is 18.2 Å². The lowest BCUT2D eigenvalue weighted by Gasteiger charge is -2.08. The second-order valence-electron chi connectivity index (χ2n) is 9.24. The predicted octanol–water partition coefficient (Wildman–Crippen LogP) is 4.06. The molecule has 0 aliphatic heterocycles. The maximum atomic E-state index is 13.0. The highest BCUT2D eigenvalue weighted by molar-refractivity contribution is 7.91. The molecule has 0 atom stereocenters. The number of rotatable bonds is 9. The Bertz CT molecular complexity index is 2040. The fraction of sp³-hybridized carbons (Fsp3) is 0.179. The molecule has 0 saturated carbocycles. The average molecular weight is 575 g/mol. The van der Waals surface area contributed by atoms with Crippen molar-refractivity contribution < 1.29 is 26.8 Å². The molecule has 0 radical (unpaired) electrons. The van der Waals surface area contributed by atoms with Gasteiger partial charge in [0.05, 0.1) is 42.8 Å². The van der Waals surface area contributed by atoms with Crippen molar-refractivity contribution in [2.24, 2.45) is 0 Å². The van der Waals surface area contributed by atoms with E-state index < -0.39 is 21.8 Å². The number of methoxy groups -OCH3 is 1. The molecule has 0 aliphatic carbocycles. The first-order valence-corrected chi connectivity index (χ1v) is 14.2. The number of alkyl halides is 1. The molecule has 1 N–H and O–H groups in total. The number of furan rings is 1. The van der Waals surface area contributed by atoms with Gasteiger partial charge in [0.25, 0.3) is 5.91 Å². The van der Waals surface area contributed by atoms with Gasteiger partial charge < -0.3 is 14.5 Å². The third-order valence-corrected chi connectivity index (χ3v) is 7.94. The minimum Gasteiger partial charge on any atom is -0.463 e. The van der Waals surface area contributed by atoms with Crippen LogP contribution in [0.25, 0.3) is 44.2 Å². The van der Waals surface area contributed by atoms with Gasteiger partial charge in [0.2, 0.25) is 9.84 Å². The molecule has 208 valence electrons. The number of fused-ring (bicyclic) bond motifs is 3. The zero-order chi connectivity index (χ0) is 28.6. The van der Waals surface area contributed by atoms with E-state index in [0.717, 1.165) is 33.9 Å². The number of ether oxygens (including phenoxy) is 1. The van der Waals surface area contributed by atoms with Crippen LogP contribution in [0.4, 0.5) is 4.39 Å². The number of pyridine rings is 3. The van der Waals surface area contributed by atoms with Crippen molar-refractivity contribution in [1.29, 1.82) is 0 Å². The van der Waals surface area contributed by atoms with Gasteiger partial charge in [-0.1, -0.05) is 0 Å². The number of hydrogen-bond donors (Lipinski definition) is 1. The minimum atomic E-state index is -4.16. The van der Waals surface area contributed by atoms with Crippen LogP contribution in [-0.4, -0.2) is 58.8 Å². The lowest BCUT2D eigenvalue weighted by molar-refractivity contribution is 0.0950. The van der Waals surface area contributed by atoms with E-state index in [0.29, 0.717) is 24.4 Å². The molecule has 0 bridgehead atoms. The van der Waals surface area contributed by atoms with Crippen molar-refractivity contribution in [3.05, 3.63) is 78.6 Å². The van der Waals surface area contributed by atoms with Crippen molar-refractivity contribution in [1.82, 2.24) is 30.0 Å². The van der Waals surface area contributed by atoms with Crippen LogP contribution in [0.5, 0.6) is 0 Å². The van der Waals surface area contributed by atoms with Crippen molar-refractivity contribution in [2.45, 2.75) is 18.0 Å². The zero-order valence-electron chi connectivity index (χ0n) is 21.7. The minimum absolute atomic E-state index is 0.103. The van der Waals surface area contributed by atoms with Gasteiger partial charge in [-0.05, 0) is 42.5 Å². The fourth-order valence-corrected chi connectivity index (χ4v) is 5.37. The molecule has 11 nitrogen and oxygen atoms in total. The Morgan fingerprint density at radius 3 is 2.80 bits per heavy atom. The second kappa shape index (κ2) is 10.7. The Balaban J connectivity index is 1.24. The van der Waals surface area contributed by atoms with Crippen molar-refractivity contribution in [3.63, 3.8) is 0 Å². The standard InChI is InChI=1S/C28H23FN6O5S/c1-39-9-8-35-27-22(14-33-35)20(6-7-30-27)23-4-2-18-12-31-19(11-24(18)34-23)13-32-28(36)17-3-5-25-21(10-17)26(15-40-25)41(37,38)16-29/h2-7,10-12,14-15H,8-9,13,16H2,1H3,(H,32,36). The first-order chi connectivity index (χ1) is 19.9. The number of halogens is 1. The molecule has 1 amide bonds. The van der Waals surface area contributed by atoms with Gasteiger partial charge in [0.1, 0.15) is 16.7 Å². The third-order valence-electron chi connectivity index (χ3n) is 6.66. The summed E-state index contributed by atoms with van der Waals surface area (Å²) in [4.78, 5) is 26.3. The van der Waals surface area contributed by atoms with Gasteiger partial charge in [-0.25, -0.2) is 27.5 Å². The molecule has 6 rings (SSSR count). The maximum Gasteiger partial charge on any atom is 0.251 e. The summed E-state index contributed by atoms with van der Waals surface area (Å²) in [5.74, 6) is -0.454. The fourth-order valence-electron chi connectivity index (χ4n) is 4.57. The Morgan fingerprint density at radius 2 is 1.98 bits per heavy atom. The topological polar surface area (TPSA) is 142 Å². The summed E-state index contributed by atoms with van der Waals surface area (Å²) in [6.45, 7) is 1.20. The third kappa shape index (κ3) is 5.00. The SMILES string of the molecule is COCCn1ncc2c(-c3ccc4cnc(CNC(=O)c5ccc6occ(S(=O)(=O)CF)c6c5)cc4n3)ccnc21. The second-order valence-corrected chi connectivity index (χ2v) is 11.1. The Labute approximate surface area is 232 Å². The van der Waals surface area contributed by atoms with Crippen LogP contribution in [-0.2, 0) is 27.7 Å². The van der Waals surface area contributed by atoms with E-state index in [2.05, 4.69) is 20.4 Å². The number of nitrogens with one attached hydrogen (secondary N) is 1. The van der Waals surface area contributed by atoms with E-state index in [4.69, 9.17) is 14.1 Å². The Morgan fingerprint density at radius 1 is 1.10 bits per heavy atom. The van der Waals surface area contributed by atoms with Crippen LogP contribution in [0, 0.1) is 0 Å². The summed E-state index contributed by atoms with van der Waals surface area (Å²) < 4.78 is 49.3. The highest BCUT2D eigenvalue weighted by Gasteiger charge is 2.21. The summed E-state index contributed by atoms with van der Waals surface area (Å²) in [7, 11) is -2.52. The van der Waals surface area contributed by atoms with Gasteiger partial charge in [0.15, 0.2) is 11.7 Å². The normalized spacial score (nSPS) is 12.0. The van der Waals surface area contributed by atoms with E-state index in [9.17, 15) is 17.6 Å².